The Morgan fingerprint density at radius 2 is 1.70 bits per heavy atom. The van der Waals surface area contributed by atoms with Crippen LogP contribution in [0, 0.1) is 6.92 Å². The molecule has 1 N–H and O–H groups in total. The second-order valence-corrected chi connectivity index (χ2v) is 8.08. The number of nitrogens with one attached hydrogen (secondary N) is 1. The van der Waals surface area contributed by atoms with E-state index in [2.05, 4.69) is 10.2 Å². The van der Waals surface area contributed by atoms with Gasteiger partial charge in [-0.05, 0) is 36.6 Å². The number of rotatable bonds is 6. The summed E-state index contributed by atoms with van der Waals surface area (Å²) >= 11 is 0. The SMILES string of the molecule is COc1ccccc1N1CCN(C(=O)CNC(=O)Cn2c(C)cc3ccccc3c2=O)CC1. The van der Waals surface area contributed by atoms with Crippen LogP contribution >= 0.6 is 0 Å². The summed E-state index contributed by atoms with van der Waals surface area (Å²) in [5.41, 5.74) is 1.50. The lowest BCUT2D eigenvalue weighted by Gasteiger charge is -2.36. The van der Waals surface area contributed by atoms with Crippen molar-refractivity contribution in [2.45, 2.75) is 13.5 Å². The number of hydrogen-bond acceptors (Lipinski definition) is 5. The van der Waals surface area contributed by atoms with E-state index in [1.165, 1.54) is 4.57 Å². The van der Waals surface area contributed by atoms with Crippen LogP contribution in [-0.4, -0.2) is 61.1 Å². The molecule has 0 aliphatic carbocycles. The second-order valence-electron chi connectivity index (χ2n) is 8.08. The van der Waals surface area contributed by atoms with E-state index in [9.17, 15) is 14.4 Å². The Morgan fingerprint density at radius 1 is 1.00 bits per heavy atom. The summed E-state index contributed by atoms with van der Waals surface area (Å²) in [4.78, 5) is 41.8. The van der Waals surface area contributed by atoms with Gasteiger partial charge in [0.05, 0.1) is 19.3 Å². The lowest BCUT2D eigenvalue weighted by atomic mass is 10.1. The van der Waals surface area contributed by atoms with Crippen LogP contribution in [0.5, 0.6) is 5.75 Å². The molecule has 33 heavy (non-hydrogen) atoms. The number of hydrogen-bond donors (Lipinski definition) is 1. The average molecular weight is 449 g/mol. The number of pyridine rings is 1. The van der Waals surface area contributed by atoms with Gasteiger partial charge in [-0.3, -0.25) is 14.4 Å². The number of carbonyl (C=O) groups excluding carboxylic acids is 2. The highest BCUT2D eigenvalue weighted by Crippen LogP contribution is 2.28. The highest BCUT2D eigenvalue weighted by atomic mass is 16.5. The monoisotopic (exact) mass is 448 g/mol. The summed E-state index contributed by atoms with van der Waals surface area (Å²) in [7, 11) is 1.65. The molecule has 1 aliphatic heterocycles. The third kappa shape index (κ3) is 4.84. The number of aryl methyl sites for hydroxylation is 1. The predicted octanol–water partition coefficient (Wildman–Crippen LogP) is 1.78. The predicted molar refractivity (Wildman–Crippen MR) is 128 cm³/mol. The molecule has 4 rings (SSSR count). The number of aromatic nitrogens is 1. The molecule has 2 heterocycles. The lowest BCUT2D eigenvalue weighted by Crippen LogP contribution is -2.51. The molecule has 0 spiro atoms. The Hall–Kier alpha value is -3.81. The van der Waals surface area contributed by atoms with Crippen molar-refractivity contribution in [2.24, 2.45) is 0 Å². The first-order chi connectivity index (χ1) is 16.0. The standard InChI is InChI=1S/C25H28N4O4/c1-18-15-19-7-3-4-8-20(19)25(32)29(18)17-23(30)26-16-24(31)28-13-11-27(12-14-28)21-9-5-6-10-22(21)33-2/h3-10,15H,11-14,16-17H2,1-2H3,(H,26,30). The van der Waals surface area contributed by atoms with Gasteiger partial charge < -0.3 is 24.4 Å². The minimum atomic E-state index is -0.364. The number of benzene rings is 2. The molecule has 3 aromatic rings. The lowest BCUT2D eigenvalue weighted by molar-refractivity contribution is -0.133. The van der Waals surface area contributed by atoms with Crippen molar-refractivity contribution < 1.29 is 14.3 Å². The largest absolute Gasteiger partial charge is 0.495 e. The molecule has 0 radical (unpaired) electrons. The fourth-order valence-electron chi connectivity index (χ4n) is 4.20. The van der Waals surface area contributed by atoms with Crippen molar-refractivity contribution in [2.75, 3.05) is 44.7 Å². The molecule has 0 atom stereocenters. The molecule has 1 aromatic heterocycles. The van der Waals surface area contributed by atoms with Gasteiger partial charge >= 0.3 is 0 Å². The zero-order valence-electron chi connectivity index (χ0n) is 18.9. The maximum Gasteiger partial charge on any atom is 0.259 e. The molecular formula is C25H28N4O4. The molecule has 8 nitrogen and oxygen atoms in total. The molecular weight excluding hydrogens is 420 g/mol. The van der Waals surface area contributed by atoms with Crippen LogP contribution in [0.25, 0.3) is 10.8 Å². The second kappa shape index (κ2) is 9.77. The van der Waals surface area contributed by atoms with E-state index in [4.69, 9.17) is 4.74 Å². The molecule has 1 fully saturated rings. The molecule has 0 unspecified atom stereocenters. The van der Waals surface area contributed by atoms with E-state index in [1.807, 2.05) is 42.5 Å². The summed E-state index contributed by atoms with van der Waals surface area (Å²) in [5.74, 6) is 0.311. The number of ether oxygens (including phenoxy) is 1. The summed E-state index contributed by atoms with van der Waals surface area (Å²) in [6.45, 7) is 4.09. The number of nitrogens with zero attached hydrogens (tertiary/aromatic N) is 3. The maximum absolute atomic E-state index is 12.8. The van der Waals surface area contributed by atoms with E-state index in [0.717, 1.165) is 16.8 Å². The van der Waals surface area contributed by atoms with Gasteiger partial charge in [0.2, 0.25) is 11.8 Å². The molecule has 0 bridgehead atoms. The zero-order valence-corrected chi connectivity index (χ0v) is 18.9. The normalized spacial score (nSPS) is 13.8. The van der Waals surface area contributed by atoms with E-state index in [-0.39, 0.29) is 30.5 Å². The molecule has 1 aliphatic rings. The number of anilines is 1. The van der Waals surface area contributed by atoms with Crippen molar-refractivity contribution in [3.05, 3.63) is 70.6 Å². The number of amides is 2. The highest BCUT2D eigenvalue weighted by Gasteiger charge is 2.23. The number of para-hydroxylation sites is 2. The minimum absolute atomic E-state index is 0.0884. The van der Waals surface area contributed by atoms with E-state index in [1.54, 1.807) is 31.1 Å². The van der Waals surface area contributed by atoms with Crippen LogP contribution in [-0.2, 0) is 16.1 Å². The van der Waals surface area contributed by atoms with Gasteiger partial charge in [0.1, 0.15) is 12.3 Å². The van der Waals surface area contributed by atoms with Gasteiger partial charge in [-0.1, -0.05) is 30.3 Å². The molecule has 172 valence electrons. The molecule has 2 amide bonds. The third-order valence-corrected chi connectivity index (χ3v) is 6.02. The van der Waals surface area contributed by atoms with Gasteiger partial charge in [0.25, 0.3) is 5.56 Å². The maximum atomic E-state index is 12.8. The van der Waals surface area contributed by atoms with Gasteiger partial charge in [0.15, 0.2) is 0 Å². The number of piperazine rings is 1. The van der Waals surface area contributed by atoms with E-state index >= 15 is 0 Å². The Morgan fingerprint density at radius 3 is 2.45 bits per heavy atom. The number of methoxy groups -OCH3 is 1. The van der Waals surface area contributed by atoms with Crippen LogP contribution in [0.4, 0.5) is 5.69 Å². The quantitative estimate of drug-likeness (QED) is 0.622. The van der Waals surface area contributed by atoms with Gasteiger partial charge in [0, 0.05) is 37.3 Å². The fourth-order valence-corrected chi connectivity index (χ4v) is 4.20. The van der Waals surface area contributed by atoms with Crippen LogP contribution in [0.3, 0.4) is 0 Å². The smallest absolute Gasteiger partial charge is 0.259 e. The van der Waals surface area contributed by atoms with Crippen LogP contribution in [0.15, 0.2) is 59.4 Å². The van der Waals surface area contributed by atoms with Gasteiger partial charge in [-0.15, -0.1) is 0 Å². The van der Waals surface area contributed by atoms with Crippen molar-refractivity contribution in [3.63, 3.8) is 0 Å². The zero-order chi connectivity index (χ0) is 23.4. The minimum Gasteiger partial charge on any atom is -0.495 e. The topological polar surface area (TPSA) is 83.9 Å². The van der Waals surface area contributed by atoms with E-state index in [0.29, 0.717) is 37.3 Å². The van der Waals surface area contributed by atoms with Crippen molar-refractivity contribution in [3.8, 4) is 5.75 Å². The van der Waals surface area contributed by atoms with Gasteiger partial charge in [-0.2, -0.15) is 0 Å². The van der Waals surface area contributed by atoms with Crippen molar-refractivity contribution >= 4 is 28.3 Å². The Labute approximate surface area is 192 Å². The Bertz CT molecular complexity index is 1230. The fraction of sp³-hybridized carbons (Fsp3) is 0.320. The third-order valence-electron chi connectivity index (χ3n) is 6.02. The highest BCUT2D eigenvalue weighted by molar-refractivity contribution is 5.86. The summed E-state index contributed by atoms with van der Waals surface area (Å²) < 4.78 is 6.87. The first-order valence-corrected chi connectivity index (χ1v) is 11.0. The Kier molecular flexibility index (Phi) is 6.63. The van der Waals surface area contributed by atoms with E-state index < -0.39 is 0 Å². The van der Waals surface area contributed by atoms with Crippen LogP contribution in [0.1, 0.15) is 5.69 Å². The molecule has 0 saturated carbocycles. The van der Waals surface area contributed by atoms with Crippen molar-refractivity contribution in [1.82, 2.24) is 14.8 Å². The number of fused-ring (bicyclic) bond motifs is 1. The Balaban J connectivity index is 1.31. The molecule has 8 heteroatoms. The molecule has 2 aromatic carbocycles. The molecule has 1 saturated heterocycles. The summed E-state index contributed by atoms with van der Waals surface area (Å²) in [6.07, 6.45) is 0. The summed E-state index contributed by atoms with van der Waals surface area (Å²) in [5, 5.41) is 4.08. The van der Waals surface area contributed by atoms with Crippen molar-refractivity contribution in [1.29, 1.82) is 0 Å². The first-order valence-electron chi connectivity index (χ1n) is 11.0. The average Bonchev–Trinajstić information content (AvgIpc) is 2.85. The number of carbonyl (C=O) groups is 2. The van der Waals surface area contributed by atoms with Gasteiger partial charge in [-0.25, -0.2) is 0 Å². The van der Waals surface area contributed by atoms with Crippen LogP contribution in [0.2, 0.25) is 0 Å². The first kappa shape index (κ1) is 22.4. The summed E-state index contributed by atoms with van der Waals surface area (Å²) in [6, 6.07) is 17.0. The van der Waals surface area contributed by atoms with Crippen LogP contribution < -0.4 is 20.5 Å².